The van der Waals surface area contributed by atoms with E-state index in [1.807, 2.05) is 31.2 Å². The number of halogens is 1. The van der Waals surface area contributed by atoms with Crippen LogP contribution in [0.3, 0.4) is 0 Å². The van der Waals surface area contributed by atoms with E-state index in [1.165, 1.54) is 0 Å². The van der Waals surface area contributed by atoms with Crippen molar-refractivity contribution in [2.45, 2.75) is 26.2 Å². The number of anilines is 1. The van der Waals surface area contributed by atoms with Gasteiger partial charge in [0.1, 0.15) is 0 Å². The highest BCUT2D eigenvalue weighted by Crippen LogP contribution is 2.38. The van der Waals surface area contributed by atoms with Crippen molar-refractivity contribution in [1.29, 1.82) is 0 Å². The lowest BCUT2D eigenvalue weighted by Gasteiger charge is -2.40. The van der Waals surface area contributed by atoms with E-state index in [1.54, 1.807) is 6.20 Å². The number of ether oxygens (including phenoxy) is 1. The van der Waals surface area contributed by atoms with Gasteiger partial charge in [-0.05, 0) is 31.7 Å². The summed E-state index contributed by atoms with van der Waals surface area (Å²) >= 11 is 5.94. The molecule has 0 unspecified atom stereocenters. The summed E-state index contributed by atoms with van der Waals surface area (Å²) in [5, 5.41) is 8.08. The average molecular weight is 360 g/mol. The molecule has 2 aromatic rings. The second kappa shape index (κ2) is 7.83. The van der Waals surface area contributed by atoms with Crippen molar-refractivity contribution in [3.05, 3.63) is 53.3 Å². The summed E-state index contributed by atoms with van der Waals surface area (Å²) in [6.07, 6.45) is 3.89. The fourth-order valence-corrected chi connectivity index (χ4v) is 3.58. The number of nitrogens with zero attached hydrogens (tertiary/aromatic N) is 3. The molecule has 2 heterocycles. The third-order valence-corrected chi connectivity index (χ3v) is 4.97. The Labute approximate surface area is 153 Å². The molecule has 0 aliphatic carbocycles. The molecule has 1 aliphatic heterocycles. The molecule has 3 rings (SSSR count). The van der Waals surface area contributed by atoms with E-state index < -0.39 is 5.41 Å². The van der Waals surface area contributed by atoms with Crippen molar-refractivity contribution in [1.82, 2.24) is 10.2 Å². The van der Waals surface area contributed by atoms with Gasteiger partial charge in [0.2, 0.25) is 0 Å². The molecule has 0 saturated carbocycles. The highest BCUT2D eigenvalue weighted by molar-refractivity contribution is 6.29. The number of rotatable bonds is 5. The fraction of sp³-hybridized carbons (Fsp3) is 0.421. The number of aromatic nitrogens is 2. The quantitative estimate of drug-likeness (QED) is 0.764. The van der Waals surface area contributed by atoms with Crippen LogP contribution in [-0.4, -0.2) is 35.9 Å². The molecule has 1 aromatic heterocycles. The van der Waals surface area contributed by atoms with Gasteiger partial charge in [-0.1, -0.05) is 41.9 Å². The lowest BCUT2D eigenvalue weighted by atomic mass is 9.73. The first-order chi connectivity index (χ1) is 12.1. The number of hydrogen-bond acceptors (Lipinski definition) is 5. The van der Waals surface area contributed by atoms with E-state index in [0.717, 1.165) is 37.2 Å². The van der Waals surface area contributed by atoms with Gasteiger partial charge in [0, 0.05) is 19.2 Å². The third-order valence-electron chi connectivity index (χ3n) is 4.79. The van der Waals surface area contributed by atoms with Gasteiger partial charge in [0.25, 0.3) is 0 Å². The zero-order chi connectivity index (χ0) is 17.7. The predicted octanol–water partition coefficient (Wildman–Crippen LogP) is 3.52. The van der Waals surface area contributed by atoms with Crippen molar-refractivity contribution >= 4 is 23.3 Å². The summed E-state index contributed by atoms with van der Waals surface area (Å²) in [7, 11) is 0. The van der Waals surface area contributed by atoms with Gasteiger partial charge in [-0.25, -0.2) is 0 Å². The van der Waals surface area contributed by atoms with Gasteiger partial charge in [0.05, 0.1) is 23.9 Å². The van der Waals surface area contributed by atoms with Crippen LogP contribution in [0.25, 0.3) is 0 Å². The summed E-state index contributed by atoms with van der Waals surface area (Å²) < 4.78 is 5.42. The van der Waals surface area contributed by atoms with Crippen LogP contribution < -0.4 is 4.90 Å². The van der Waals surface area contributed by atoms with Crippen LogP contribution in [0, 0.1) is 5.41 Å². The molecule has 1 saturated heterocycles. The molecule has 0 radical (unpaired) electrons. The van der Waals surface area contributed by atoms with Gasteiger partial charge in [-0.2, -0.15) is 5.10 Å². The van der Waals surface area contributed by atoms with Crippen molar-refractivity contribution < 1.29 is 9.53 Å². The molecule has 0 spiro atoms. The minimum Gasteiger partial charge on any atom is -0.466 e. The molecular formula is C19H22ClN3O2. The number of esters is 1. The first-order valence-electron chi connectivity index (χ1n) is 8.57. The molecule has 25 heavy (non-hydrogen) atoms. The molecule has 1 aromatic carbocycles. The Kier molecular flexibility index (Phi) is 5.53. The average Bonchev–Trinajstić information content (AvgIpc) is 2.63. The Morgan fingerprint density at radius 1 is 1.28 bits per heavy atom. The predicted molar refractivity (Wildman–Crippen MR) is 97.7 cm³/mol. The molecular weight excluding hydrogens is 338 g/mol. The molecule has 0 atom stereocenters. The van der Waals surface area contributed by atoms with Crippen LogP contribution in [0.2, 0.25) is 5.15 Å². The lowest BCUT2D eigenvalue weighted by Crippen LogP contribution is -2.46. The summed E-state index contributed by atoms with van der Waals surface area (Å²) in [4.78, 5) is 14.9. The largest absolute Gasteiger partial charge is 0.466 e. The Hall–Kier alpha value is -2.14. The van der Waals surface area contributed by atoms with E-state index in [4.69, 9.17) is 16.3 Å². The standard InChI is InChI=1S/C19H22ClN3O2/c1-2-25-18(24)19(13-15-6-4-3-5-7-15)8-10-23(11-9-19)16-12-17(20)22-21-14-16/h3-7,12,14H,2,8-11,13H2,1H3. The highest BCUT2D eigenvalue weighted by atomic mass is 35.5. The van der Waals surface area contributed by atoms with Crippen LogP contribution in [-0.2, 0) is 16.0 Å². The number of hydrogen-bond donors (Lipinski definition) is 0. The van der Waals surface area contributed by atoms with E-state index in [2.05, 4.69) is 27.2 Å². The maximum atomic E-state index is 12.7. The number of carbonyl (C=O) groups excluding carboxylic acids is 1. The lowest BCUT2D eigenvalue weighted by molar-refractivity contribution is -0.156. The molecule has 0 amide bonds. The van der Waals surface area contributed by atoms with Crippen LogP contribution in [0.1, 0.15) is 25.3 Å². The molecule has 6 heteroatoms. The summed E-state index contributed by atoms with van der Waals surface area (Å²) in [5.41, 5.74) is 1.63. The highest BCUT2D eigenvalue weighted by Gasteiger charge is 2.42. The van der Waals surface area contributed by atoms with Crippen molar-refractivity contribution in [3.63, 3.8) is 0 Å². The fourth-order valence-electron chi connectivity index (χ4n) is 3.42. The molecule has 5 nitrogen and oxygen atoms in total. The molecule has 0 bridgehead atoms. The van der Waals surface area contributed by atoms with Crippen LogP contribution in [0.4, 0.5) is 5.69 Å². The summed E-state index contributed by atoms with van der Waals surface area (Å²) in [6, 6.07) is 12.0. The third kappa shape index (κ3) is 4.10. The smallest absolute Gasteiger partial charge is 0.312 e. The molecule has 1 fully saturated rings. The van der Waals surface area contributed by atoms with E-state index >= 15 is 0 Å². The van der Waals surface area contributed by atoms with E-state index in [0.29, 0.717) is 18.2 Å². The van der Waals surface area contributed by atoms with Gasteiger partial charge in [-0.15, -0.1) is 5.10 Å². The Morgan fingerprint density at radius 2 is 2.00 bits per heavy atom. The Bertz CT molecular complexity index is 716. The number of piperidine rings is 1. The van der Waals surface area contributed by atoms with E-state index in [-0.39, 0.29) is 5.97 Å². The SMILES string of the molecule is CCOC(=O)C1(Cc2ccccc2)CCN(c2cnnc(Cl)c2)CC1. The maximum Gasteiger partial charge on any atom is 0.312 e. The monoisotopic (exact) mass is 359 g/mol. The summed E-state index contributed by atoms with van der Waals surface area (Å²) in [6.45, 7) is 3.78. The zero-order valence-electron chi connectivity index (χ0n) is 14.3. The number of carbonyl (C=O) groups is 1. The first-order valence-corrected chi connectivity index (χ1v) is 8.95. The van der Waals surface area contributed by atoms with Crippen molar-refractivity contribution in [2.75, 3.05) is 24.6 Å². The van der Waals surface area contributed by atoms with E-state index in [9.17, 15) is 4.79 Å². The van der Waals surface area contributed by atoms with Gasteiger partial charge in [0.15, 0.2) is 5.15 Å². The van der Waals surface area contributed by atoms with Crippen molar-refractivity contribution in [3.8, 4) is 0 Å². The maximum absolute atomic E-state index is 12.7. The number of benzene rings is 1. The van der Waals surface area contributed by atoms with Crippen LogP contribution in [0.15, 0.2) is 42.6 Å². The Balaban J connectivity index is 1.77. The first kappa shape index (κ1) is 17.7. The van der Waals surface area contributed by atoms with Crippen LogP contribution >= 0.6 is 11.6 Å². The van der Waals surface area contributed by atoms with Gasteiger partial charge in [-0.3, -0.25) is 4.79 Å². The Morgan fingerprint density at radius 3 is 2.64 bits per heavy atom. The molecule has 0 N–H and O–H groups in total. The van der Waals surface area contributed by atoms with Gasteiger partial charge < -0.3 is 9.64 Å². The minimum atomic E-state index is -0.474. The molecule has 132 valence electrons. The molecule has 1 aliphatic rings. The topological polar surface area (TPSA) is 55.3 Å². The van der Waals surface area contributed by atoms with Gasteiger partial charge >= 0.3 is 5.97 Å². The minimum absolute atomic E-state index is 0.0932. The second-order valence-electron chi connectivity index (χ2n) is 6.39. The van der Waals surface area contributed by atoms with Crippen molar-refractivity contribution in [2.24, 2.45) is 5.41 Å². The zero-order valence-corrected chi connectivity index (χ0v) is 15.1. The second-order valence-corrected chi connectivity index (χ2v) is 6.77. The van der Waals surface area contributed by atoms with Crippen LogP contribution in [0.5, 0.6) is 0 Å². The summed E-state index contributed by atoms with van der Waals surface area (Å²) in [5.74, 6) is -0.0932. The normalized spacial score (nSPS) is 16.5.